The van der Waals surface area contributed by atoms with Gasteiger partial charge in [-0.2, -0.15) is 0 Å². The molecule has 0 fully saturated rings. The number of thiazole rings is 1. The average Bonchev–Trinajstić information content (AvgIpc) is 3.07. The van der Waals surface area contributed by atoms with E-state index >= 15 is 0 Å². The zero-order valence-corrected chi connectivity index (χ0v) is 16.4. The van der Waals surface area contributed by atoms with Crippen LogP contribution in [0.4, 0.5) is 5.13 Å². The first-order valence-corrected chi connectivity index (χ1v) is 9.39. The lowest BCUT2D eigenvalue weighted by Gasteiger charge is -2.07. The van der Waals surface area contributed by atoms with Gasteiger partial charge in [0.25, 0.3) is 5.91 Å². The number of hydrogen-bond acceptors (Lipinski definition) is 5. The molecule has 7 heteroatoms. The smallest absolute Gasteiger partial charge is 0.264 e. The van der Waals surface area contributed by atoms with Gasteiger partial charge in [-0.25, -0.2) is 4.98 Å². The number of ketones is 1. The van der Waals surface area contributed by atoms with Crippen LogP contribution < -0.4 is 10.1 Å². The number of nitrogens with zero attached hydrogens (tertiary/aromatic N) is 1. The van der Waals surface area contributed by atoms with Crippen LogP contribution in [-0.4, -0.2) is 23.3 Å². The highest BCUT2D eigenvalue weighted by atomic mass is 35.5. The maximum atomic E-state index is 12.2. The van der Waals surface area contributed by atoms with E-state index in [9.17, 15) is 9.59 Å². The van der Waals surface area contributed by atoms with E-state index in [-0.39, 0.29) is 18.3 Å². The molecule has 0 radical (unpaired) electrons. The Bertz CT molecular complexity index is 986. The van der Waals surface area contributed by atoms with Crippen molar-refractivity contribution in [1.82, 2.24) is 4.98 Å². The SMILES string of the molecule is CC(=O)c1sc(NC(=O)COc2ccc(Cl)c(C)c2)nc1-c1ccccc1. The van der Waals surface area contributed by atoms with Crippen LogP contribution in [0.2, 0.25) is 5.02 Å². The Morgan fingerprint density at radius 1 is 1.19 bits per heavy atom. The number of rotatable bonds is 6. The number of ether oxygens (including phenoxy) is 1. The second-order valence-electron chi connectivity index (χ2n) is 5.87. The minimum Gasteiger partial charge on any atom is -0.484 e. The summed E-state index contributed by atoms with van der Waals surface area (Å²) in [5, 5.41) is 3.69. The average molecular weight is 401 g/mol. The number of amides is 1. The zero-order chi connectivity index (χ0) is 19.4. The summed E-state index contributed by atoms with van der Waals surface area (Å²) in [5.41, 5.74) is 2.26. The fourth-order valence-electron chi connectivity index (χ4n) is 2.42. The summed E-state index contributed by atoms with van der Waals surface area (Å²) >= 11 is 7.13. The van der Waals surface area contributed by atoms with E-state index in [4.69, 9.17) is 16.3 Å². The molecule has 2 aromatic carbocycles. The van der Waals surface area contributed by atoms with Crippen molar-refractivity contribution in [2.24, 2.45) is 0 Å². The minimum atomic E-state index is -0.355. The van der Waals surface area contributed by atoms with Crippen LogP contribution in [0.5, 0.6) is 5.75 Å². The molecule has 0 aliphatic carbocycles. The van der Waals surface area contributed by atoms with Crippen LogP contribution >= 0.6 is 22.9 Å². The first-order chi connectivity index (χ1) is 12.9. The van der Waals surface area contributed by atoms with Gasteiger partial charge in [-0.1, -0.05) is 53.3 Å². The third kappa shape index (κ3) is 4.72. The topological polar surface area (TPSA) is 68.3 Å². The molecule has 1 N–H and O–H groups in total. The van der Waals surface area contributed by atoms with E-state index in [1.54, 1.807) is 18.2 Å². The number of aryl methyl sites for hydroxylation is 1. The number of carbonyl (C=O) groups is 2. The van der Waals surface area contributed by atoms with Gasteiger partial charge in [-0.05, 0) is 30.7 Å². The van der Waals surface area contributed by atoms with Crippen LogP contribution in [0.1, 0.15) is 22.2 Å². The van der Waals surface area contributed by atoms with Crippen LogP contribution in [0.3, 0.4) is 0 Å². The number of halogens is 1. The summed E-state index contributed by atoms with van der Waals surface area (Å²) in [7, 11) is 0. The molecule has 5 nitrogen and oxygen atoms in total. The van der Waals surface area contributed by atoms with Crippen molar-refractivity contribution in [3.8, 4) is 17.0 Å². The number of aromatic nitrogens is 1. The number of hydrogen-bond donors (Lipinski definition) is 1. The fraction of sp³-hybridized carbons (Fsp3) is 0.150. The monoisotopic (exact) mass is 400 g/mol. The van der Waals surface area contributed by atoms with Crippen molar-refractivity contribution in [1.29, 1.82) is 0 Å². The molecule has 0 aliphatic rings. The van der Waals surface area contributed by atoms with Gasteiger partial charge in [0.2, 0.25) is 0 Å². The molecule has 3 rings (SSSR count). The van der Waals surface area contributed by atoms with Crippen molar-refractivity contribution in [2.45, 2.75) is 13.8 Å². The molecule has 0 saturated carbocycles. The third-order valence-electron chi connectivity index (χ3n) is 3.74. The molecule has 1 aromatic heterocycles. The maximum absolute atomic E-state index is 12.2. The summed E-state index contributed by atoms with van der Waals surface area (Å²) in [5.74, 6) is 0.103. The van der Waals surface area contributed by atoms with Crippen molar-refractivity contribution >= 4 is 39.8 Å². The summed E-state index contributed by atoms with van der Waals surface area (Å²) in [6.45, 7) is 3.17. The van der Waals surface area contributed by atoms with Crippen molar-refractivity contribution < 1.29 is 14.3 Å². The Morgan fingerprint density at radius 3 is 2.59 bits per heavy atom. The van der Waals surface area contributed by atoms with E-state index in [1.807, 2.05) is 37.3 Å². The summed E-state index contributed by atoms with van der Waals surface area (Å²) in [6, 6.07) is 14.6. The zero-order valence-electron chi connectivity index (χ0n) is 14.8. The normalized spacial score (nSPS) is 10.5. The lowest BCUT2D eigenvalue weighted by atomic mass is 10.1. The molecule has 0 spiro atoms. The largest absolute Gasteiger partial charge is 0.484 e. The van der Waals surface area contributed by atoms with E-state index in [0.717, 1.165) is 22.5 Å². The van der Waals surface area contributed by atoms with Crippen molar-refractivity contribution in [2.75, 3.05) is 11.9 Å². The highest BCUT2D eigenvalue weighted by molar-refractivity contribution is 7.18. The molecule has 0 unspecified atom stereocenters. The predicted molar refractivity (Wildman–Crippen MR) is 108 cm³/mol. The molecule has 0 aliphatic heterocycles. The van der Waals surface area contributed by atoms with Crippen LogP contribution in [0.15, 0.2) is 48.5 Å². The van der Waals surface area contributed by atoms with E-state index < -0.39 is 0 Å². The van der Waals surface area contributed by atoms with Gasteiger partial charge in [-0.15, -0.1) is 0 Å². The predicted octanol–water partition coefficient (Wildman–Crippen LogP) is 4.99. The summed E-state index contributed by atoms with van der Waals surface area (Å²) in [4.78, 5) is 29.0. The highest BCUT2D eigenvalue weighted by Gasteiger charge is 2.18. The van der Waals surface area contributed by atoms with Crippen LogP contribution in [0.25, 0.3) is 11.3 Å². The Balaban J connectivity index is 1.70. The third-order valence-corrected chi connectivity index (χ3v) is 5.24. The van der Waals surface area contributed by atoms with Gasteiger partial charge < -0.3 is 4.74 Å². The summed E-state index contributed by atoms with van der Waals surface area (Å²) in [6.07, 6.45) is 0. The summed E-state index contributed by atoms with van der Waals surface area (Å²) < 4.78 is 5.48. The Labute approximate surface area is 166 Å². The lowest BCUT2D eigenvalue weighted by Crippen LogP contribution is -2.20. The molecular weight excluding hydrogens is 384 g/mol. The molecule has 0 bridgehead atoms. The maximum Gasteiger partial charge on any atom is 0.264 e. The highest BCUT2D eigenvalue weighted by Crippen LogP contribution is 2.31. The Morgan fingerprint density at radius 2 is 1.93 bits per heavy atom. The minimum absolute atomic E-state index is 0.0975. The molecule has 27 heavy (non-hydrogen) atoms. The number of nitrogens with one attached hydrogen (secondary N) is 1. The number of Topliss-reactive ketones (excluding diaryl/α,β-unsaturated/α-hetero) is 1. The van der Waals surface area contributed by atoms with Gasteiger partial charge >= 0.3 is 0 Å². The molecule has 1 amide bonds. The Kier molecular flexibility index (Phi) is 5.88. The van der Waals surface area contributed by atoms with E-state index in [2.05, 4.69) is 10.3 Å². The second kappa shape index (κ2) is 8.33. The number of anilines is 1. The van der Waals surface area contributed by atoms with Gasteiger partial charge in [0.05, 0.1) is 10.6 Å². The Hall–Kier alpha value is -2.70. The molecule has 1 heterocycles. The van der Waals surface area contributed by atoms with Crippen molar-refractivity contribution in [3.05, 3.63) is 64.0 Å². The van der Waals surface area contributed by atoms with Gasteiger partial charge in [0, 0.05) is 17.5 Å². The van der Waals surface area contributed by atoms with Crippen LogP contribution in [-0.2, 0) is 4.79 Å². The molecule has 0 saturated heterocycles. The lowest BCUT2D eigenvalue weighted by molar-refractivity contribution is -0.118. The van der Waals surface area contributed by atoms with Crippen LogP contribution in [0, 0.1) is 6.92 Å². The van der Waals surface area contributed by atoms with Gasteiger partial charge in [0.15, 0.2) is 17.5 Å². The first-order valence-electron chi connectivity index (χ1n) is 8.20. The molecule has 3 aromatic rings. The fourth-order valence-corrected chi connectivity index (χ4v) is 3.43. The molecular formula is C20H17ClN2O3S. The molecule has 138 valence electrons. The van der Waals surface area contributed by atoms with E-state index in [0.29, 0.717) is 26.5 Å². The standard InChI is InChI=1S/C20H17ClN2O3S/c1-12-10-15(8-9-16(12)21)26-11-17(25)22-20-23-18(19(27-20)13(2)24)14-6-4-3-5-7-14/h3-10H,11H2,1-2H3,(H,22,23,25). The van der Waals surface area contributed by atoms with Gasteiger partial charge in [-0.3, -0.25) is 14.9 Å². The second-order valence-corrected chi connectivity index (χ2v) is 7.27. The molecule has 0 atom stereocenters. The number of benzene rings is 2. The van der Waals surface area contributed by atoms with E-state index in [1.165, 1.54) is 6.92 Å². The van der Waals surface area contributed by atoms with Gasteiger partial charge in [0.1, 0.15) is 5.75 Å². The van der Waals surface area contributed by atoms with Crippen molar-refractivity contribution in [3.63, 3.8) is 0 Å². The number of carbonyl (C=O) groups excluding carboxylic acids is 2. The quantitative estimate of drug-likeness (QED) is 0.591. The first kappa shape index (κ1) is 19.1.